The number of benzene rings is 1. The van der Waals surface area contributed by atoms with Crippen LogP contribution in [0.5, 0.6) is 5.75 Å². The van der Waals surface area contributed by atoms with Crippen molar-refractivity contribution in [1.82, 2.24) is 5.32 Å². The van der Waals surface area contributed by atoms with Gasteiger partial charge in [-0.25, -0.2) is 4.39 Å². The average molecular weight is 281 g/mol. The Morgan fingerprint density at radius 2 is 2.00 bits per heavy atom. The molecule has 7 heteroatoms. The zero-order chi connectivity index (χ0) is 14.3. The highest BCUT2D eigenvalue weighted by molar-refractivity contribution is 5.29. The Labute approximate surface area is 108 Å². The maximum Gasteiger partial charge on any atom is 0.411 e. The van der Waals surface area contributed by atoms with Crippen molar-refractivity contribution in [2.24, 2.45) is 0 Å². The summed E-state index contributed by atoms with van der Waals surface area (Å²) in [4.78, 5) is 0. The molecule has 0 saturated heterocycles. The van der Waals surface area contributed by atoms with Gasteiger partial charge in [-0.2, -0.15) is 13.2 Å². The van der Waals surface area contributed by atoms with E-state index in [-0.39, 0.29) is 5.75 Å². The lowest BCUT2D eigenvalue weighted by Crippen LogP contribution is -2.19. The molecule has 0 radical (unpaired) electrons. The first-order valence-corrected chi connectivity index (χ1v) is 5.69. The second kappa shape index (κ2) is 7.30. The lowest BCUT2D eigenvalue weighted by molar-refractivity contribution is -0.187. The molecule has 0 aromatic heterocycles. The van der Waals surface area contributed by atoms with Gasteiger partial charge in [-0.15, -0.1) is 0 Å². The largest absolute Gasteiger partial charge is 0.464 e. The van der Waals surface area contributed by atoms with Crippen LogP contribution in [0, 0.1) is 5.82 Å². The standard InChI is InChI=1S/C12H15F4NO2/c1-2-17-6-9-3-4-11(10(13)5-9)19-8-18-7-12(14,15)16/h3-5,17H,2,6-8H2,1H3. The first kappa shape index (κ1) is 15.7. The van der Waals surface area contributed by atoms with Gasteiger partial charge >= 0.3 is 6.18 Å². The van der Waals surface area contributed by atoms with Gasteiger partial charge in [0.05, 0.1) is 0 Å². The quantitative estimate of drug-likeness (QED) is 0.473. The van der Waals surface area contributed by atoms with Crippen molar-refractivity contribution < 1.29 is 27.0 Å². The highest BCUT2D eigenvalue weighted by Crippen LogP contribution is 2.19. The van der Waals surface area contributed by atoms with Crippen molar-refractivity contribution in [1.29, 1.82) is 0 Å². The molecule has 0 fully saturated rings. The van der Waals surface area contributed by atoms with Crippen LogP contribution in [0.3, 0.4) is 0 Å². The van der Waals surface area contributed by atoms with E-state index in [0.717, 1.165) is 12.1 Å². The van der Waals surface area contributed by atoms with Crippen LogP contribution in [-0.4, -0.2) is 26.1 Å². The Bertz CT molecular complexity index is 396. The highest BCUT2D eigenvalue weighted by Gasteiger charge is 2.27. The summed E-state index contributed by atoms with van der Waals surface area (Å²) in [6.07, 6.45) is -4.42. The number of alkyl halides is 3. The molecule has 1 aromatic carbocycles. The fraction of sp³-hybridized carbons (Fsp3) is 0.500. The van der Waals surface area contributed by atoms with Gasteiger partial charge in [0.15, 0.2) is 18.4 Å². The van der Waals surface area contributed by atoms with Crippen LogP contribution in [0.4, 0.5) is 17.6 Å². The molecular formula is C12H15F4NO2. The van der Waals surface area contributed by atoms with E-state index >= 15 is 0 Å². The maximum absolute atomic E-state index is 13.5. The summed E-state index contributed by atoms with van der Waals surface area (Å²) >= 11 is 0. The normalized spacial score (nSPS) is 11.6. The van der Waals surface area contributed by atoms with Crippen molar-refractivity contribution in [3.05, 3.63) is 29.6 Å². The van der Waals surface area contributed by atoms with Crippen molar-refractivity contribution in [2.75, 3.05) is 19.9 Å². The summed E-state index contributed by atoms with van der Waals surface area (Å²) in [5.41, 5.74) is 0.725. The smallest absolute Gasteiger partial charge is 0.411 e. The Balaban J connectivity index is 2.42. The van der Waals surface area contributed by atoms with Crippen molar-refractivity contribution >= 4 is 0 Å². The number of halogens is 4. The Morgan fingerprint density at radius 3 is 2.58 bits per heavy atom. The first-order chi connectivity index (χ1) is 8.92. The maximum atomic E-state index is 13.5. The topological polar surface area (TPSA) is 30.5 Å². The second-order valence-corrected chi connectivity index (χ2v) is 3.77. The Morgan fingerprint density at radius 1 is 1.26 bits per heavy atom. The molecule has 0 bridgehead atoms. The minimum absolute atomic E-state index is 0.137. The molecule has 108 valence electrons. The van der Waals surface area contributed by atoms with E-state index in [4.69, 9.17) is 4.74 Å². The Kier molecular flexibility index (Phi) is 6.04. The van der Waals surface area contributed by atoms with E-state index in [1.54, 1.807) is 6.07 Å². The SMILES string of the molecule is CCNCc1ccc(OCOCC(F)(F)F)c(F)c1. The minimum Gasteiger partial charge on any atom is -0.464 e. The van der Waals surface area contributed by atoms with Crippen LogP contribution < -0.4 is 10.1 Å². The molecule has 0 unspecified atom stereocenters. The average Bonchev–Trinajstić information content (AvgIpc) is 2.32. The number of hydrogen-bond donors (Lipinski definition) is 1. The number of rotatable bonds is 7. The van der Waals surface area contributed by atoms with E-state index in [9.17, 15) is 17.6 Å². The Hall–Kier alpha value is -1.34. The summed E-state index contributed by atoms with van der Waals surface area (Å²) in [6.45, 7) is 1.12. The van der Waals surface area contributed by atoms with Crippen molar-refractivity contribution in [3.63, 3.8) is 0 Å². The monoisotopic (exact) mass is 281 g/mol. The minimum atomic E-state index is -4.42. The molecule has 0 aliphatic carbocycles. The first-order valence-electron chi connectivity index (χ1n) is 5.69. The molecule has 3 nitrogen and oxygen atoms in total. The fourth-order valence-corrected chi connectivity index (χ4v) is 1.30. The lowest BCUT2D eigenvalue weighted by atomic mass is 10.2. The zero-order valence-electron chi connectivity index (χ0n) is 10.4. The van der Waals surface area contributed by atoms with Crippen LogP contribution in [-0.2, 0) is 11.3 Å². The summed E-state index contributed by atoms with van der Waals surface area (Å²) < 4.78 is 57.8. The van der Waals surface area contributed by atoms with Crippen molar-refractivity contribution in [2.45, 2.75) is 19.6 Å². The van der Waals surface area contributed by atoms with Crippen molar-refractivity contribution in [3.8, 4) is 5.75 Å². The van der Waals surface area contributed by atoms with Crippen LogP contribution in [0.2, 0.25) is 0 Å². The predicted octanol–water partition coefficient (Wildman–Crippen LogP) is 2.85. The third-order valence-electron chi connectivity index (χ3n) is 2.14. The third kappa shape index (κ3) is 6.40. The summed E-state index contributed by atoms with van der Waals surface area (Å²) in [5, 5.41) is 3.02. The van der Waals surface area contributed by atoms with Crippen LogP contribution in [0.15, 0.2) is 18.2 Å². The van der Waals surface area contributed by atoms with E-state index in [1.165, 1.54) is 12.1 Å². The molecule has 0 atom stereocenters. The molecule has 0 spiro atoms. The molecule has 0 saturated carbocycles. The molecule has 0 aliphatic heterocycles. The number of ether oxygens (including phenoxy) is 2. The molecular weight excluding hydrogens is 266 g/mol. The molecule has 1 N–H and O–H groups in total. The van der Waals surface area contributed by atoms with Gasteiger partial charge in [-0.05, 0) is 24.2 Å². The summed E-state index contributed by atoms with van der Waals surface area (Å²) in [7, 11) is 0. The predicted molar refractivity (Wildman–Crippen MR) is 61.3 cm³/mol. The third-order valence-corrected chi connectivity index (χ3v) is 2.14. The highest BCUT2D eigenvalue weighted by atomic mass is 19.4. The summed E-state index contributed by atoms with van der Waals surface area (Å²) in [6, 6.07) is 4.26. The van der Waals surface area contributed by atoms with Gasteiger partial charge in [-0.1, -0.05) is 13.0 Å². The van der Waals surface area contributed by atoms with Gasteiger partial charge < -0.3 is 14.8 Å². The van der Waals surface area contributed by atoms with Crippen LogP contribution >= 0.6 is 0 Å². The number of nitrogens with one attached hydrogen (secondary N) is 1. The summed E-state index contributed by atoms with van der Waals surface area (Å²) in [5.74, 6) is -0.770. The van der Waals surface area contributed by atoms with E-state index in [1.807, 2.05) is 6.92 Å². The number of hydrogen-bond acceptors (Lipinski definition) is 3. The molecule has 19 heavy (non-hydrogen) atoms. The molecule has 0 aliphatic rings. The van der Waals surface area contributed by atoms with Gasteiger partial charge in [-0.3, -0.25) is 0 Å². The van der Waals surface area contributed by atoms with E-state index < -0.39 is 25.4 Å². The van der Waals surface area contributed by atoms with E-state index in [0.29, 0.717) is 6.54 Å². The lowest BCUT2D eigenvalue weighted by Gasteiger charge is -2.10. The zero-order valence-corrected chi connectivity index (χ0v) is 10.4. The van der Waals surface area contributed by atoms with Gasteiger partial charge in [0.1, 0.15) is 6.61 Å². The molecule has 1 rings (SSSR count). The molecule has 0 heterocycles. The van der Waals surface area contributed by atoms with Gasteiger partial charge in [0.2, 0.25) is 0 Å². The van der Waals surface area contributed by atoms with Gasteiger partial charge in [0.25, 0.3) is 0 Å². The molecule has 1 aromatic rings. The second-order valence-electron chi connectivity index (χ2n) is 3.77. The van der Waals surface area contributed by atoms with Crippen LogP contribution in [0.25, 0.3) is 0 Å². The van der Waals surface area contributed by atoms with Crippen LogP contribution in [0.1, 0.15) is 12.5 Å². The van der Waals surface area contributed by atoms with Gasteiger partial charge in [0, 0.05) is 6.54 Å². The van der Waals surface area contributed by atoms with E-state index in [2.05, 4.69) is 10.1 Å². The fourth-order valence-electron chi connectivity index (χ4n) is 1.30. The molecule has 0 amide bonds.